The van der Waals surface area contributed by atoms with Crippen molar-refractivity contribution >= 4 is 22.9 Å². The minimum Gasteiger partial charge on any atom is -0.378 e. The average molecular weight is 255 g/mol. The van der Waals surface area contributed by atoms with E-state index < -0.39 is 0 Å². The molecule has 1 saturated heterocycles. The average Bonchev–Trinajstić information content (AvgIpc) is 1.95. The molecule has 0 saturated carbocycles. The number of piperidine rings is 1. The Bertz CT molecular complexity index is 91.6. The van der Waals surface area contributed by atoms with Crippen molar-refractivity contribution in [2.75, 3.05) is 19.7 Å². The summed E-state index contributed by atoms with van der Waals surface area (Å²) in [6.07, 6.45) is 2.95. The van der Waals surface area contributed by atoms with Crippen LogP contribution in [0.15, 0.2) is 0 Å². The van der Waals surface area contributed by atoms with Gasteiger partial charge >= 0.3 is 0 Å². The fourth-order valence-corrected chi connectivity index (χ4v) is 1.78. The molecule has 3 heteroatoms. The Morgan fingerprint density at radius 1 is 1.50 bits per heavy atom. The van der Waals surface area contributed by atoms with Crippen LogP contribution in [0.25, 0.3) is 0 Å². The van der Waals surface area contributed by atoms with Crippen LogP contribution in [-0.2, 0) is 4.74 Å². The Morgan fingerprint density at radius 3 is 2.60 bits per heavy atom. The third-order valence-electron chi connectivity index (χ3n) is 1.79. The van der Waals surface area contributed by atoms with Gasteiger partial charge in [0.15, 0.2) is 0 Å². The fourth-order valence-electron chi connectivity index (χ4n) is 1.23. The van der Waals surface area contributed by atoms with Gasteiger partial charge in [-0.2, -0.15) is 0 Å². The molecule has 0 spiro atoms. The molecule has 1 aliphatic rings. The summed E-state index contributed by atoms with van der Waals surface area (Å²) in [7, 11) is 0. The Hall–Kier alpha value is 0.650. The Kier molecular flexibility index (Phi) is 3.95. The first-order valence-corrected chi connectivity index (χ1v) is 4.81. The molecule has 0 aromatic carbocycles. The van der Waals surface area contributed by atoms with E-state index in [0.29, 0.717) is 6.10 Å². The smallest absolute Gasteiger partial charge is 0.0600 e. The number of halogens is 1. The number of nitrogens with zero attached hydrogens (tertiary/aromatic N) is 1. The SMILES string of the molecule is CCOC1CCN(I)CC1. The molecule has 0 aliphatic carbocycles. The standard InChI is InChI=1S/C7H14INO/c1-2-10-7-3-5-9(8)6-4-7/h7H,2-6H2,1H3. The highest BCUT2D eigenvalue weighted by Gasteiger charge is 2.16. The van der Waals surface area contributed by atoms with Gasteiger partial charge < -0.3 is 4.74 Å². The van der Waals surface area contributed by atoms with Crippen LogP contribution < -0.4 is 0 Å². The number of ether oxygens (including phenoxy) is 1. The first kappa shape index (κ1) is 8.74. The van der Waals surface area contributed by atoms with Crippen molar-refractivity contribution in [3.8, 4) is 0 Å². The summed E-state index contributed by atoms with van der Waals surface area (Å²) in [6.45, 7) is 5.30. The predicted octanol–water partition coefficient (Wildman–Crippen LogP) is 1.84. The molecule has 0 radical (unpaired) electrons. The van der Waals surface area contributed by atoms with Gasteiger partial charge in [0.25, 0.3) is 0 Å². The summed E-state index contributed by atoms with van der Waals surface area (Å²) < 4.78 is 7.83. The quantitative estimate of drug-likeness (QED) is 0.551. The van der Waals surface area contributed by atoms with E-state index in [-0.39, 0.29) is 0 Å². The van der Waals surface area contributed by atoms with Gasteiger partial charge in [0.1, 0.15) is 0 Å². The van der Waals surface area contributed by atoms with Crippen molar-refractivity contribution in [3.05, 3.63) is 0 Å². The van der Waals surface area contributed by atoms with Gasteiger partial charge in [-0.05, 0) is 19.8 Å². The lowest BCUT2D eigenvalue weighted by molar-refractivity contribution is 0.0327. The molecule has 0 bridgehead atoms. The van der Waals surface area contributed by atoms with Gasteiger partial charge in [0.05, 0.1) is 6.10 Å². The van der Waals surface area contributed by atoms with E-state index in [2.05, 4.69) is 32.9 Å². The lowest BCUT2D eigenvalue weighted by atomic mass is 10.1. The molecule has 60 valence electrons. The van der Waals surface area contributed by atoms with Crippen molar-refractivity contribution < 1.29 is 4.74 Å². The van der Waals surface area contributed by atoms with Crippen LogP contribution >= 0.6 is 22.9 Å². The van der Waals surface area contributed by atoms with Crippen molar-refractivity contribution in [1.29, 1.82) is 0 Å². The van der Waals surface area contributed by atoms with E-state index in [1.807, 2.05) is 0 Å². The molecule has 0 amide bonds. The van der Waals surface area contributed by atoms with E-state index in [1.165, 1.54) is 25.9 Å². The van der Waals surface area contributed by atoms with Crippen LogP contribution in [0.5, 0.6) is 0 Å². The number of rotatable bonds is 2. The van der Waals surface area contributed by atoms with Crippen LogP contribution in [0.4, 0.5) is 0 Å². The third-order valence-corrected chi connectivity index (χ3v) is 2.75. The molecule has 0 aromatic heterocycles. The fraction of sp³-hybridized carbons (Fsp3) is 1.00. The summed E-state index contributed by atoms with van der Waals surface area (Å²) in [6, 6.07) is 0. The molecule has 1 fully saturated rings. The van der Waals surface area contributed by atoms with Gasteiger partial charge in [-0.1, -0.05) is 0 Å². The molecule has 0 aromatic rings. The second kappa shape index (κ2) is 4.51. The molecule has 2 nitrogen and oxygen atoms in total. The highest BCUT2D eigenvalue weighted by atomic mass is 127. The van der Waals surface area contributed by atoms with E-state index in [0.717, 1.165) is 6.61 Å². The number of hydrogen-bond acceptors (Lipinski definition) is 2. The first-order chi connectivity index (χ1) is 4.83. The van der Waals surface area contributed by atoms with Gasteiger partial charge in [0.2, 0.25) is 0 Å². The highest BCUT2D eigenvalue weighted by molar-refractivity contribution is 14.1. The second-order valence-corrected chi connectivity index (χ2v) is 3.93. The molecule has 0 N–H and O–H groups in total. The maximum absolute atomic E-state index is 5.50. The largest absolute Gasteiger partial charge is 0.378 e. The van der Waals surface area contributed by atoms with Crippen LogP contribution in [-0.4, -0.2) is 28.9 Å². The zero-order chi connectivity index (χ0) is 7.40. The van der Waals surface area contributed by atoms with E-state index in [9.17, 15) is 0 Å². The molecule has 0 atom stereocenters. The molecular formula is C7H14INO. The van der Waals surface area contributed by atoms with E-state index in [4.69, 9.17) is 4.74 Å². The monoisotopic (exact) mass is 255 g/mol. The molecule has 1 aliphatic heterocycles. The van der Waals surface area contributed by atoms with Crippen molar-refractivity contribution in [1.82, 2.24) is 3.11 Å². The van der Waals surface area contributed by atoms with E-state index >= 15 is 0 Å². The lowest BCUT2D eigenvalue weighted by Gasteiger charge is -2.26. The zero-order valence-electron chi connectivity index (χ0n) is 6.35. The molecule has 1 rings (SSSR count). The Balaban J connectivity index is 2.13. The molecule has 0 unspecified atom stereocenters. The maximum Gasteiger partial charge on any atom is 0.0600 e. The maximum atomic E-state index is 5.50. The Morgan fingerprint density at radius 2 is 2.10 bits per heavy atom. The summed E-state index contributed by atoms with van der Waals surface area (Å²) in [5, 5.41) is 0. The summed E-state index contributed by atoms with van der Waals surface area (Å²) >= 11 is 2.37. The third kappa shape index (κ3) is 2.72. The minimum atomic E-state index is 0.538. The van der Waals surface area contributed by atoms with Crippen LogP contribution in [0.3, 0.4) is 0 Å². The van der Waals surface area contributed by atoms with Crippen molar-refractivity contribution in [2.45, 2.75) is 25.9 Å². The van der Waals surface area contributed by atoms with Gasteiger partial charge in [-0.15, -0.1) is 0 Å². The van der Waals surface area contributed by atoms with Crippen molar-refractivity contribution in [3.63, 3.8) is 0 Å². The van der Waals surface area contributed by atoms with Gasteiger partial charge in [0, 0.05) is 42.6 Å². The lowest BCUT2D eigenvalue weighted by Crippen LogP contribution is -2.30. The van der Waals surface area contributed by atoms with Gasteiger partial charge in [-0.3, -0.25) is 0 Å². The summed E-state index contributed by atoms with van der Waals surface area (Å²) in [5.74, 6) is 0. The second-order valence-electron chi connectivity index (χ2n) is 2.56. The van der Waals surface area contributed by atoms with Crippen molar-refractivity contribution in [2.24, 2.45) is 0 Å². The van der Waals surface area contributed by atoms with Crippen LogP contribution in [0.1, 0.15) is 19.8 Å². The van der Waals surface area contributed by atoms with Crippen LogP contribution in [0.2, 0.25) is 0 Å². The normalized spacial score (nSPS) is 23.4. The van der Waals surface area contributed by atoms with Crippen LogP contribution in [0, 0.1) is 0 Å². The van der Waals surface area contributed by atoms with Gasteiger partial charge in [-0.25, -0.2) is 3.11 Å². The molecule has 10 heavy (non-hydrogen) atoms. The Labute approximate surface area is 76.4 Å². The zero-order valence-corrected chi connectivity index (χ0v) is 8.50. The summed E-state index contributed by atoms with van der Waals surface area (Å²) in [4.78, 5) is 0. The first-order valence-electron chi connectivity index (χ1n) is 3.85. The topological polar surface area (TPSA) is 12.5 Å². The predicted molar refractivity (Wildman–Crippen MR) is 50.2 cm³/mol. The highest BCUT2D eigenvalue weighted by Crippen LogP contribution is 2.15. The molecular weight excluding hydrogens is 241 g/mol. The number of hydrogen-bond donors (Lipinski definition) is 0. The molecule has 1 heterocycles. The minimum absolute atomic E-state index is 0.538. The van der Waals surface area contributed by atoms with E-state index in [1.54, 1.807) is 0 Å². The summed E-state index contributed by atoms with van der Waals surface area (Å²) in [5.41, 5.74) is 0.